The van der Waals surface area contributed by atoms with Crippen LogP contribution in [0.25, 0.3) is 11.1 Å². The van der Waals surface area contributed by atoms with Crippen molar-refractivity contribution < 1.29 is 9.90 Å². The van der Waals surface area contributed by atoms with Gasteiger partial charge in [-0.2, -0.15) is 5.10 Å². The first-order valence-corrected chi connectivity index (χ1v) is 8.87. The maximum atomic E-state index is 12.7. The lowest BCUT2D eigenvalue weighted by molar-refractivity contribution is 0.0990. The quantitative estimate of drug-likeness (QED) is 0.634. The number of ketones is 1. The third-order valence-electron chi connectivity index (χ3n) is 4.91. The summed E-state index contributed by atoms with van der Waals surface area (Å²) in [5.41, 5.74) is 5.73. The van der Waals surface area contributed by atoms with Crippen molar-refractivity contribution in [1.29, 1.82) is 0 Å². The van der Waals surface area contributed by atoms with Gasteiger partial charge in [0.15, 0.2) is 5.78 Å². The maximum absolute atomic E-state index is 12.7. The molecule has 5 nitrogen and oxygen atoms in total. The number of rotatable bonds is 4. The van der Waals surface area contributed by atoms with Crippen LogP contribution < -0.4 is 5.32 Å². The molecule has 2 aromatic carbocycles. The summed E-state index contributed by atoms with van der Waals surface area (Å²) in [5.74, 6) is -0.0689. The highest BCUT2D eigenvalue weighted by atomic mass is 16.3. The number of nitrogens with one attached hydrogen (secondary N) is 2. The third kappa shape index (κ3) is 3.39. The van der Waals surface area contributed by atoms with Crippen molar-refractivity contribution in [2.45, 2.75) is 19.3 Å². The summed E-state index contributed by atoms with van der Waals surface area (Å²) in [6, 6.07) is 11.4. The van der Waals surface area contributed by atoms with Crippen LogP contribution in [0.5, 0.6) is 5.75 Å². The molecule has 2 heterocycles. The van der Waals surface area contributed by atoms with Gasteiger partial charge in [-0.1, -0.05) is 24.3 Å². The summed E-state index contributed by atoms with van der Waals surface area (Å²) in [4.78, 5) is 12.7. The van der Waals surface area contributed by atoms with Crippen LogP contribution in [0.4, 0.5) is 0 Å². The molecule has 0 aliphatic carbocycles. The van der Waals surface area contributed by atoms with E-state index >= 15 is 0 Å². The molecule has 0 radical (unpaired) electrons. The third-order valence-corrected chi connectivity index (χ3v) is 4.91. The highest BCUT2D eigenvalue weighted by Gasteiger charge is 2.15. The Hall–Kier alpha value is -2.92. The Labute approximate surface area is 152 Å². The second-order valence-corrected chi connectivity index (χ2v) is 6.67. The lowest BCUT2D eigenvalue weighted by Crippen LogP contribution is -2.16. The van der Waals surface area contributed by atoms with Crippen LogP contribution in [0.3, 0.4) is 0 Å². The van der Waals surface area contributed by atoms with Crippen molar-refractivity contribution in [2.24, 2.45) is 0 Å². The first-order valence-electron chi connectivity index (χ1n) is 8.87. The van der Waals surface area contributed by atoms with E-state index in [4.69, 9.17) is 0 Å². The molecule has 1 aromatic heterocycles. The Morgan fingerprint density at radius 2 is 1.88 bits per heavy atom. The van der Waals surface area contributed by atoms with E-state index in [-0.39, 0.29) is 11.5 Å². The van der Waals surface area contributed by atoms with Crippen molar-refractivity contribution in [3.63, 3.8) is 0 Å². The standard InChI is InChI=1S/C21H21N3O2/c25-20(10-14-1-2-15-5-7-22-8-6-17(15)9-14)19-4-3-16(11-21(19)26)18-12-23-24-13-18/h1-4,9,11-13,22,26H,5-8,10H2,(H,23,24). The van der Waals surface area contributed by atoms with Crippen molar-refractivity contribution in [1.82, 2.24) is 15.5 Å². The average Bonchev–Trinajstić information content (AvgIpc) is 3.07. The first kappa shape index (κ1) is 16.5. The highest BCUT2D eigenvalue weighted by molar-refractivity contribution is 6.00. The number of aromatic hydroxyl groups is 1. The number of fused-ring (bicyclic) bond motifs is 1. The van der Waals surface area contributed by atoms with Gasteiger partial charge in [0.1, 0.15) is 5.75 Å². The zero-order valence-corrected chi connectivity index (χ0v) is 14.5. The Bertz CT molecular complexity index is 932. The molecular weight excluding hydrogens is 326 g/mol. The molecular formula is C21H21N3O2. The highest BCUT2D eigenvalue weighted by Crippen LogP contribution is 2.27. The van der Waals surface area contributed by atoms with Crippen LogP contribution in [-0.4, -0.2) is 34.2 Å². The number of hydrogen-bond acceptors (Lipinski definition) is 4. The molecule has 132 valence electrons. The summed E-state index contributed by atoms with van der Waals surface area (Å²) in [7, 11) is 0. The smallest absolute Gasteiger partial charge is 0.170 e. The van der Waals surface area contributed by atoms with Crippen molar-refractivity contribution in [3.05, 3.63) is 71.0 Å². The zero-order valence-electron chi connectivity index (χ0n) is 14.5. The van der Waals surface area contributed by atoms with Crippen molar-refractivity contribution in [3.8, 4) is 16.9 Å². The summed E-state index contributed by atoms with van der Waals surface area (Å²) < 4.78 is 0. The van der Waals surface area contributed by atoms with Crippen LogP contribution in [0.1, 0.15) is 27.0 Å². The first-order chi connectivity index (χ1) is 12.7. The van der Waals surface area contributed by atoms with E-state index < -0.39 is 0 Å². The largest absolute Gasteiger partial charge is 0.507 e. The summed E-state index contributed by atoms with van der Waals surface area (Å²) in [6.45, 7) is 1.98. The Balaban J connectivity index is 1.54. The number of H-pyrrole nitrogens is 1. The molecule has 3 N–H and O–H groups in total. The van der Waals surface area contributed by atoms with E-state index in [9.17, 15) is 9.90 Å². The molecule has 0 bridgehead atoms. The minimum Gasteiger partial charge on any atom is -0.507 e. The van der Waals surface area contributed by atoms with E-state index in [0.717, 1.165) is 42.6 Å². The van der Waals surface area contributed by atoms with E-state index in [1.807, 2.05) is 12.1 Å². The van der Waals surface area contributed by atoms with Gasteiger partial charge in [-0.15, -0.1) is 0 Å². The topological polar surface area (TPSA) is 78.0 Å². The lowest BCUT2D eigenvalue weighted by Gasteiger charge is -2.09. The zero-order chi connectivity index (χ0) is 17.9. The Morgan fingerprint density at radius 1 is 1.04 bits per heavy atom. The van der Waals surface area contributed by atoms with Gasteiger partial charge < -0.3 is 10.4 Å². The predicted octanol–water partition coefficient (Wildman–Crippen LogP) is 2.90. The number of phenols is 1. The Morgan fingerprint density at radius 3 is 2.65 bits per heavy atom. The van der Waals surface area contributed by atoms with Crippen LogP contribution in [0.15, 0.2) is 48.8 Å². The number of carbonyl (C=O) groups excluding carboxylic acids is 1. The second-order valence-electron chi connectivity index (χ2n) is 6.67. The van der Waals surface area contributed by atoms with E-state index in [1.165, 1.54) is 11.1 Å². The maximum Gasteiger partial charge on any atom is 0.170 e. The average molecular weight is 347 g/mol. The minimum absolute atomic E-state index is 0.00709. The molecule has 0 amide bonds. The molecule has 26 heavy (non-hydrogen) atoms. The van der Waals surface area contributed by atoms with E-state index in [2.05, 4.69) is 27.6 Å². The van der Waals surface area contributed by atoms with Crippen LogP contribution >= 0.6 is 0 Å². The number of benzene rings is 2. The minimum atomic E-state index is -0.0760. The number of phenolic OH excluding ortho intramolecular Hbond substituents is 1. The van der Waals surface area contributed by atoms with Crippen LogP contribution in [-0.2, 0) is 19.3 Å². The second kappa shape index (κ2) is 7.14. The number of nitrogens with zero attached hydrogens (tertiary/aromatic N) is 1. The SMILES string of the molecule is O=C(Cc1ccc2c(c1)CCNCC2)c1ccc(-c2cn[nH]c2)cc1O. The van der Waals surface area contributed by atoms with Crippen molar-refractivity contribution in [2.75, 3.05) is 13.1 Å². The van der Waals surface area contributed by atoms with Gasteiger partial charge in [-0.3, -0.25) is 9.89 Å². The predicted molar refractivity (Wildman–Crippen MR) is 100 cm³/mol. The van der Waals surface area contributed by atoms with E-state index in [0.29, 0.717) is 12.0 Å². The number of hydrogen-bond donors (Lipinski definition) is 3. The molecule has 0 saturated heterocycles. The molecule has 0 fully saturated rings. The normalized spacial score (nSPS) is 13.8. The van der Waals surface area contributed by atoms with Gasteiger partial charge >= 0.3 is 0 Å². The molecule has 0 spiro atoms. The molecule has 0 atom stereocenters. The lowest BCUT2D eigenvalue weighted by atomic mass is 9.95. The summed E-state index contributed by atoms with van der Waals surface area (Å²) >= 11 is 0. The van der Waals surface area contributed by atoms with Crippen molar-refractivity contribution >= 4 is 5.78 Å². The van der Waals surface area contributed by atoms with Gasteiger partial charge in [0.25, 0.3) is 0 Å². The van der Waals surface area contributed by atoms with Crippen LogP contribution in [0.2, 0.25) is 0 Å². The van der Waals surface area contributed by atoms with Gasteiger partial charge in [-0.25, -0.2) is 0 Å². The van der Waals surface area contributed by atoms with Gasteiger partial charge in [-0.05, 0) is 60.3 Å². The number of Topliss-reactive ketones (excluding diaryl/α,β-unsaturated/α-hetero) is 1. The Kier molecular flexibility index (Phi) is 4.54. The molecule has 0 saturated carbocycles. The monoisotopic (exact) mass is 347 g/mol. The number of aromatic amines is 1. The number of aromatic nitrogens is 2. The summed E-state index contributed by atoms with van der Waals surface area (Å²) in [5, 5.41) is 20.4. The van der Waals surface area contributed by atoms with Gasteiger partial charge in [0.05, 0.1) is 11.8 Å². The fraction of sp³-hybridized carbons (Fsp3) is 0.238. The number of carbonyl (C=O) groups is 1. The molecule has 1 aliphatic rings. The fourth-order valence-electron chi connectivity index (χ4n) is 3.47. The van der Waals surface area contributed by atoms with Gasteiger partial charge in [0.2, 0.25) is 0 Å². The van der Waals surface area contributed by atoms with E-state index in [1.54, 1.807) is 24.5 Å². The molecule has 3 aromatic rings. The molecule has 4 rings (SSSR count). The molecule has 5 heteroatoms. The summed E-state index contributed by atoms with van der Waals surface area (Å²) in [6.07, 6.45) is 5.74. The fourth-order valence-corrected chi connectivity index (χ4v) is 3.47. The molecule has 1 aliphatic heterocycles. The molecule has 0 unspecified atom stereocenters. The van der Waals surface area contributed by atoms with Gasteiger partial charge in [0, 0.05) is 18.2 Å². The van der Waals surface area contributed by atoms with Crippen LogP contribution in [0, 0.1) is 0 Å².